The van der Waals surface area contributed by atoms with E-state index in [0.717, 1.165) is 59.5 Å². The van der Waals surface area contributed by atoms with E-state index in [1.54, 1.807) is 38.0 Å². The summed E-state index contributed by atoms with van der Waals surface area (Å²) in [6.45, 7) is 10.2. The van der Waals surface area contributed by atoms with E-state index in [1.165, 1.54) is 44.5 Å². The Morgan fingerprint density at radius 3 is 1.69 bits per heavy atom. The van der Waals surface area contributed by atoms with Gasteiger partial charge >= 0.3 is 44.8 Å². The minimum Gasteiger partial charge on any atom is -0.366 e. The molecule has 0 saturated carbocycles. The fourth-order valence-electron chi connectivity index (χ4n) is 8.74. The smallest absolute Gasteiger partial charge is 0.366 e. The molecule has 256 valence electrons. The van der Waals surface area contributed by atoms with Crippen molar-refractivity contribution >= 4 is 21.4 Å². The molecular weight excluding hydrogens is 984 g/mol. The second kappa shape index (κ2) is 18.2. The van der Waals surface area contributed by atoms with Crippen LogP contribution in [0.5, 0.6) is 0 Å². The minimum atomic E-state index is 0. The summed E-state index contributed by atoms with van der Waals surface area (Å²) >= 11 is 0. The Balaban J connectivity index is 0.000000159. The zero-order chi connectivity index (χ0) is 32.2. The van der Waals surface area contributed by atoms with Gasteiger partial charge in [-0.2, -0.15) is 0 Å². The Morgan fingerprint density at radius 1 is 0.604 bits per heavy atom. The normalized spacial score (nSPS) is 23.2. The Morgan fingerprint density at radius 2 is 1.12 bits per heavy atom. The zero-order valence-corrected chi connectivity index (χ0v) is 35.2. The van der Waals surface area contributed by atoms with Crippen LogP contribution in [0.1, 0.15) is 94.0 Å². The van der Waals surface area contributed by atoms with E-state index < -0.39 is 0 Å². The molecule has 48 heavy (non-hydrogen) atoms. The third-order valence-corrected chi connectivity index (χ3v) is 19.9. The van der Waals surface area contributed by atoms with Crippen LogP contribution in [0, 0.1) is 24.7 Å². The number of fused-ring (bicyclic) bond motifs is 5. The Labute approximate surface area is 325 Å². The molecule has 0 spiro atoms. The number of benzene rings is 3. The summed E-state index contributed by atoms with van der Waals surface area (Å²) in [5, 5.41) is 0. The summed E-state index contributed by atoms with van der Waals surface area (Å²) in [6.07, 6.45) is 30.0. The summed E-state index contributed by atoms with van der Waals surface area (Å²) in [7, 11) is 0.0490. The van der Waals surface area contributed by atoms with Crippen LogP contribution in [0.3, 0.4) is 0 Å². The van der Waals surface area contributed by atoms with Gasteiger partial charge in [-0.05, 0) is 106 Å². The summed E-state index contributed by atoms with van der Waals surface area (Å²) in [5.74, 6) is 4.95. The maximum atomic E-state index is 7.17. The standard InChI is InChI=1S/C15H11.C15H9.C14H28P2.2Au/c2*1-2-11-7-8-15-13(9-11)10-12-5-3-4-6-14(12)15;1-11-5-6-12(2)15(11)9-10-16-13(3)7-8-14(16)4;;/h3-6,9H,7-8,10H2;3-9H,10H2;11-14H,5-10H2,1-4H3;;/q2*-1;;2*+1/p+2/t;;11-,12-,13-,14-;;/m..0../s1. The van der Waals surface area contributed by atoms with Gasteiger partial charge in [0.15, 0.2) is 0 Å². The molecule has 3 aromatic rings. The molecule has 0 bridgehead atoms. The number of hydrogen-bond donors (Lipinski definition) is 0. The molecule has 4 atom stereocenters. The van der Waals surface area contributed by atoms with Crippen LogP contribution in [-0.2, 0) is 57.6 Å². The van der Waals surface area contributed by atoms with Gasteiger partial charge in [0.2, 0.25) is 0 Å². The predicted molar refractivity (Wildman–Crippen MR) is 205 cm³/mol. The van der Waals surface area contributed by atoms with E-state index in [2.05, 4.69) is 106 Å². The fraction of sp³-hybridized carbons (Fsp3) is 0.409. The molecule has 4 heteroatoms. The Hall–Kier alpha value is -1.40. The van der Waals surface area contributed by atoms with E-state index in [4.69, 9.17) is 12.8 Å². The third kappa shape index (κ3) is 8.90. The van der Waals surface area contributed by atoms with Crippen LogP contribution in [0.15, 0.2) is 84.0 Å². The molecule has 0 radical (unpaired) electrons. The van der Waals surface area contributed by atoms with E-state index >= 15 is 0 Å². The van der Waals surface area contributed by atoms with Crippen LogP contribution >= 0.6 is 15.8 Å². The number of hydrogen-bond acceptors (Lipinski definition) is 0. The van der Waals surface area contributed by atoms with Gasteiger partial charge < -0.3 is 12.8 Å². The maximum absolute atomic E-state index is 7.17. The predicted octanol–water partition coefficient (Wildman–Crippen LogP) is 11.1. The molecule has 2 fully saturated rings. The average molecular weight is 1030 g/mol. The van der Waals surface area contributed by atoms with E-state index in [-0.39, 0.29) is 60.6 Å². The molecule has 3 aliphatic carbocycles. The van der Waals surface area contributed by atoms with Crippen molar-refractivity contribution in [1.82, 2.24) is 0 Å². The summed E-state index contributed by atoms with van der Waals surface area (Å²) in [6, 6.07) is 23.2. The SMILES string of the molecule is C[C@H]1CC[C@H](C)[PH+]1CC[PH+]1[C@@H](C)CC[C@@H]1C.[Au+].[Au+].[C-]#CC1=CC2=C(CC1)c1ccccc1C2.[C-]#Cc1ccc2c(c1)Cc1ccccc1-2. The molecule has 2 heterocycles. The van der Waals surface area contributed by atoms with Gasteiger partial charge in [-0.3, -0.25) is 11.8 Å². The van der Waals surface area contributed by atoms with Gasteiger partial charge in [0.1, 0.15) is 0 Å². The van der Waals surface area contributed by atoms with Gasteiger partial charge in [-0.25, -0.2) is 0 Å². The molecule has 2 aliphatic heterocycles. The minimum absolute atomic E-state index is 0. The van der Waals surface area contributed by atoms with Crippen LogP contribution in [0.4, 0.5) is 0 Å². The monoisotopic (exact) mass is 1030 g/mol. The van der Waals surface area contributed by atoms with Crippen molar-refractivity contribution in [2.75, 3.05) is 12.3 Å². The van der Waals surface area contributed by atoms with Gasteiger partial charge in [0.05, 0.1) is 35.0 Å². The first-order chi connectivity index (χ1) is 22.4. The number of rotatable bonds is 3. The third-order valence-electron chi connectivity index (χ3n) is 11.5. The van der Waals surface area contributed by atoms with Crippen molar-refractivity contribution in [3.63, 3.8) is 0 Å². The molecule has 0 nitrogen and oxygen atoms in total. The number of allylic oxidation sites excluding steroid dienone is 4. The van der Waals surface area contributed by atoms with Gasteiger partial charge in [-0.1, -0.05) is 72.2 Å². The van der Waals surface area contributed by atoms with Crippen molar-refractivity contribution in [3.8, 4) is 23.0 Å². The molecule has 0 aromatic heterocycles. The van der Waals surface area contributed by atoms with Crippen LogP contribution in [-0.4, -0.2) is 35.0 Å². The van der Waals surface area contributed by atoms with Gasteiger partial charge in [0.25, 0.3) is 0 Å². The van der Waals surface area contributed by atoms with Crippen molar-refractivity contribution in [1.29, 1.82) is 0 Å². The summed E-state index contributed by atoms with van der Waals surface area (Å²) in [5.41, 5.74) is 17.5. The topological polar surface area (TPSA) is 0 Å². The van der Waals surface area contributed by atoms with Crippen LogP contribution in [0.25, 0.3) is 16.7 Å². The molecule has 0 amide bonds. The first-order valence-electron chi connectivity index (χ1n) is 17.6. The van der Waals surface area contributed by atoms with Crippen molar-refractivity contribution in [2.24, 2.45) is 0 Å². The summed E-state index contributed by atoms with van der Waals surface area (Å²) in [4.78, 5) is 0. The molecular formula is C44H50Au2P2+2. The second-order valence-electron chi connectivity index (χ2n) is 14.4. The first-order valence-corrected chi connectivity index (χ1v) is 21.4. The fourth-order valence-corrected chi connectivity index (χ4v) is 17.1. The van der Waals surface area contributed by atoms with E-state index in [1.807, 2.05) is 6.07 Å². The molecule has 0 unspecified atom stereocenters. The van der Waals surface area contributed by atoms with Crippen molar-refractivity contribution in [3.05, 3.63) is 125 Å². The molecule has 5 aliphatic rings. The van der Waals surface area contributed by atoms with Gasteiger partial charge in [0, 0.05) is 15.8 Å². The van der Waals surface area contributed by atoms with Crippen LogP contribution < -0.4 is 0 Å². The van der Waals surface area contributed by atoms with E-state index in [9.17, 15) is 0 Å². The Bertz CT molecular complexity index is 1680. The maximum Gasteiger partial charge on any atom is 1.00 e. The molecule has 8 rings (SSSR count). The quantitative estimate of drug-likeness (QED) is 0.0830. The second-order valence-corrected chi connectivity index (χ2v) is 21.6. The van der Waals surface area contributed by atoms with Crippen molar-refractivity contribution in [2.45, 2.75) is 102 Å². The molecule has 0 N–H and O–H groups in total. The van der Waals surface area contributed by atoms with Gasteiger partial charge in [-0.15, -0.1) is 29.3 Å². The first kappa shape index (κ1) is 39.4. The molecule has 3 aromatic carbocycles. The van der Waals surface area contributed by atoms with Crippen molar-refractivity contribution < 1.29 is 44.8 Å². The largest absolute Gasteiger partial charge is 1.00 e. The van der Waals surface area contributed by atoms with E-state index in [0.29, 0.717) is 0 Å². The molecule has 2 saturated heterocycles. The summed E-state index contributed by atoms with van der Waals surface area (Å²) < 4.78 is 0. The average Bonchev–Trinajstić information content (AvgIpc) is 3.82. The van der Waals surface area contributed by atoms with Crippen LogP contribution in [0.2, 0.25) is 0 Å². The Kier molecular flexibility index (Phi) is 14.9. The zero-order valence-electron chi connectivity index (χ0n) is 28.9.